The molecule has 1 aliphatic carbocycles. The van der Waals surface area contributed by atoms with E-state index in [1.165, 1.54) is 0 Å². The first-order valence-electron chi connectivity index (χ1n) is 13.0. The molecular formula is C30H35N3O4. The van der Waals surface area contributed by atoms with Gasteiger partial charge >= 0.3 is 5.97 Å². The number of para-hydroxylation sites is 1. The van der Waals surface area contributed by atoms with Gasteiger partial charge in [0.15, 0.2) is 5.78 Å². The number of carbonyl (C=O) groups is 2. The van der Waals surface area contributed by atoms with Crippen LogP contribution in [0.3, 0.4) is 0 Å². The van der Waals surface area contributed by atoms with Crippen LogP contribution in [0.25, 0.3) is 0 Å². The third-order valence-corrected chi connectivity index (χ3v) is 7.37. The lowest BCUT2D eigenvalue weighted by molar-refractivity contribution is -0.138. The normalized spacial score (nSPS) is 21.7. The summed E-state index contributed by atoms with van der Waals surface area (Å²) in [7, 11) is 0. The minimum atomic E-state index is -0.587. The van der Waals surface area contributed by atoms with E-state index in [4.69, 9.17) is 15.2 Å². The number of benzene rings is 2. The molecule has 7 nitrogen and oxygen atoms in total. The molecule has 7 heteroatoms. The van der Waals surface area contributed by atoms with Crippen molar-refractivity contribution in [2.24, 2.45) is 11.1 Å². The van der Waals surface area contributed by atoms with Crippen molar-refractivity contribution in [3.8, 4) is 0 Å². The molecule has 0 bridgehead atoms. The molecule has 5 rings (SSSR count). The zero-order valence-corrected chi connectivity index (χ0v) is 21.8. The molecule has 0 radical (unpaired) electrons. The van der Waals surface area contributed by atoms with Gasteiger partial charge in [-0.15, -0.1) is 0 Å². The number of allylic oxidation sites excluding steroid dienone is 2. The predicted octanol–water partition coefficient (Wildman–Crippen LogP) is 4.50. The number of Topliss-reactive ketones (excluding diaryl/α,β-unsaturated/α-hetero) is 1. The molecule has 2 aliphatic heterocycles. The molecule has 2 aromatic rings. The maximum atomic E-state index is 13.8. The van der Waals surface area contributed by atoms with E-state index in [9.17, 15) is 9.59 Å². The summed E-state index contributed by atoms with van der Waals surface area (Å²) in [5.41, 5.74) is 11.2. The van der Waals surface area contributed by atoms with Gasteiger partial charge in [0.25, 0.3) is 0 Å². The molecule has 37 heavy (non-hydrogen) atoms. The topological polar surface area (TPSA) is 85.1 Å². The summed E-state index contributed by atoms with van der Waals surface area (Å²) in [6, 6.07) is 17.8. The van der Waals surface area contributed by atoms with E-state index in [0.29, 0.717) is 43.0 Å². The Hall–Kier alpha value is -3.58. The van der Waals surface area contributed by atoms with E-state index >= 15 is 0 Å². The van der Waals surface area contributed by atoms with Crippen LogP contribution in [0.15, 0.2) is 77.3 Å². The molecule has 2 heterocycles. The molecule has 1 saturated heterocycles. The first-order chi connectivity index (χ1) is 17.8. The highest BCUT2D eigenvalue weighted by atomic mass is 16.5. The van der Waals surface area contributed by atoms with E-state index in [2.05, 4.69) is 30.9 Å². The Balaban J connectivity index is 1.67. The van der Waals surface area contributed by atoms with Crippen molar-refractivity contribution < 1.29 is 19.1 Å². The first-order valence-corrected chi connectivity index (χ1v) is 13.0. The summed E-state index contributed by atoms with van der Waals surface area (Å²) in [6.45, 7) is 9.26. The number of ketones is 1. The Morgan fingerprint density at radius 1 is 1.03 bits per heavy atom. The number of hydrogen-bond acceptors (Lipinski definition) is 7. The molecule has 3 aliphatic rings. The summed E-state index contributed by atoms with van der Waals surface area (Å²) in [6.07, 6.45) is 1.08. The van der Waals surface area contributed by atoms with Crippen molar-refractivity contribution >= 4 is 23.1 Å². The number of carbonyl (C=O) groups excluding carboxylic acids is 2. The highest BCUT2D eigenvalue weighted by Gasteiger charge is 2.46. The van der Waals surface area contributed by atoms with Gasteiger partial charge < -0.3 is 20.1 Å². The molecule has 0 aromatic heterocycles. The number of ether oxygens (including phenoxy) is 2. The predicted molar refractivity (Wildman–Crippen MR) is 144 cm³/mol. The van der Waals surface area contributed by atoms with Gasteiger partial charge in [0.1, 0.15) is 5.82 Å². The minimum absolute atomic E-state index is 0.0451. The van der Waals surface area contributed by atoms with Crippen LogP contribution in [0.5, 0.6) is 0 Å². The molecule has 1 unspecified atom stereocenters. The maximum Gasteiger partial charge on any atom is 0.338 e. The SMILES string of the molecule is CCOC(=O)C1=C(N)N(c2ccccc2)C2=C(C(=O)CC(C)(C)C2)C1c1ccc(N2CCOCC2)cc1. The van der Waals surface area contributed by atoms with Crippen molar-refractivity contribution in [3.63, 3.8) is 0 Å². The highest BCUT2D eigenvalue weighted by molar-refractivity contribution is 6.05. The minimum Gasteiger partial charge on any atom is -0.463 e. The standard InChI is InChI=1S/C30H35N3O4/c1-4-37-29(35)27-25(20-10-12-21(13-11-20)32-14-16-36-17-15-32)26-23(18-30(2,3)19-24(26)34)33(28(27)31)22-8-6-5-7-9-22/h5-13,25H,4,14-19,31H2,1-3H3. The maximum absolute atomic E-state index is 13.8. The summed E-state index contributed by atoms with van der Waals surface area (Å²) >= 11 is 0. The molecule has 1 atom stereocenters. The van der Waals surface area contributed by atoms with E-state index < -0.39 is 11.9 Å². The number of anilines is 2. The summed E-state index contributed by atoms with van der Waals surface area (Å²) in [5.74, 6) is -0.719. The van der Waals surface area contributed by atoms with Crippen LogP contribution in [-0.4, -0.2) is 44.7 Å². The Morgan fingerprint density at radius 3 is 2.35 bits per heavy atom. The Labute approximate surface area is 218 Å². The monoisotopic (exact) mass is 501 g/mol. The van der Waals surface area contributed by atoms with Gasteiger partial charge in [0, 0.05) is 42.2 Å². The highest BCUT2D eigenvalue weighted by Crippen LogP contribution is 2.50. The molecule has 0 spiro atoms. The summed E-state index contributed by atoms with van der Waals surface area (Å²) in [4.78, 5) is 31.4. The Morgan fingerprint density at radius 2 is 1.70 bits per heavy atom. The fraction of sp³-hybridized carbons (Fsp3) is 0.400. The van der Waals surface area contributed by atoms with Crippen LogP contribution in [0.2, 0.25) is 0 Å². The largest absolute Gasteiger partial charge is 0.463 e. The molecule has 194 valence electrons. The van der Waals surface area contributed by atoms with Crippen molar-refractivity contribution in [1.82, 2.24) is 0 Å². The number of nitrogens with zero attached hydrogens (tertiary/aromatic N) is 2. The van der Waals surface area contributed by atoms with Gasteiger partial charge in [-0.25, -0.2) is 4.79 Å². The number of esters is 1. The van der Waals surface area contributed by atoms with E-state index in [0.717, 1.165) is 35.7 Å². The number of morpholine rings is 1. The smallest absolute Gasteiger partial charge is 0.338 e. The van der Waals surface area contributed by atoms with Gasteiger partial charge in [-0.05, 0) is 48.6 Å². The summed E-state index contributed by atoms with van der Waals surface area (Å²) in [5, 5.41) is 0. The van der Waals surface area contributed by atoms with Crippen LogP contribution in [0.1, 0.15) is 45.1 Å². The van der Waals surface area contributed by atoms with E-state index in [1.54, 1.807) is 6.92 Å². The third kappa shape index (κ3) is 4.76. The number of rotatable bonds is 5. The fourth-order valence-electron chi connectivity index (χ4n) is 5.72. The second-order valence-corrected chi connectivity index (χ2v) is 10.6. The Kier molecular flexibility index (Phi) is 6.82. The lowest BCUT2D eigenvalue weighted by atomic mass is 9.68. The van der Waals surface area contributed by atoms with Crippen molar-refractivity contribution in [1.29, 1.82) is 0 Å². The average Bonchev–Trinajstić information content (AvgIpc) is 2.88. The first kappa shape index (κ1) is 25.1. The summed E-state index contributed by atoms with van der Waals surface area (Å²) < 4.78 is 11.0. The molecule has 0 saturated carbocycles. The third-order valence-electron chi connectivity index (χ3n) is 7.37. The van der Waals surface area contributed by atoms with Gasteiger partial charge in [0.05, 0.1) is 31.3 Å². The van der Waals surface area contributed by atoms with Crippen LogP contribution < -0.4 is 15.5 Å². The average molecular weight is 502 g/mol. The van der Waals surface area contributed by atoms with E-state index in [-0.39, 0.29) is 17.8 Å². The quantitative estimate of drug-likeness (QED) is 0.604. The fourth-order valence-corrected chi connectivity index (χ4v) is 5.72. The van der Waals surface area contributed by atoms with Gasteiger partial charge in [-0.3, -0.25) is 9.69 Å². The van der Waals surface area contributed by atoms with Crippen molar-refractivity contribution in [3.05, 3.63) is 82.8 Å². The van der Waals surface area contributed by atoms with Crippen LogP contribution in [-0.2, 0) is 19.1 Å². The van der Waals surface area contributed by atoms with Gasteiger partial charge in [-0.1, -0.05) is 44.2 Å². The van der Waals surface area contributed by atoms with Crippen molar-refractivity contribution in [2.45, 2.75) is 39.5 Å². The van der Waals surface area contributed by atoms with Gasteiger partial charge in [-0.2, -0.15) is 0 Å². The lowest BCUT2D eigenvalue weighted by Crippen LogP contribution is -2.43. The van der Waals surface area contributed by atoms with E-state index in [1.807, 2.05) is 47.4 Å². The molecule has 1 fully saturated rings. The molecule has 2 N–H and O–H groups in total. The molecule has 0 amide bonds. The molecular weight excluding hydrogens is 466 g/mol. The Bertz CT molecular complexity index is 1240. The number of nitrogens with two attached hydrogens (primary N) is 1. The van der Waals surface area contributed by atoms with Crippen molar-refractivity contribution in [2.75, 3.05) is 42.7 Å². The van der Waals surface area contributed by atoms with Gasteiger partial charge in [0.2, 0.25) is 0 Å². The van der Waals surface area contributed by atoms with Crippen LogP contribution in [0, 0.1) is 5.41 Å². The lowest BCUT2D eigenvalue weighted by Gasteiger charge is -2.44. The zero-order valence-electron chi connectivity index (χ0n) is 21.8. The molecule has 2 aromatic carbocycles. The van der Waals surface area contributed by atoms with Crippen LogP contribution >= 0.6 is 0 Å². The number of hydrogen-bond donors (Lipinski definition) is 1. The second kappa shape index (κ2) is 10.1. The second-order valence-electron chi connectivity index (χ2n) is 10.6. The zero-order chi connectivity index (χ0) is 26.2. The van der Waals surface area contributed by atoms with Crippen LogP contribution in [0.4, 0.5) is 11.4 Å².